The quantitative estimate of drug-likeness (QED) is 0.747. The molecule has 0 radical (unpaired) electrons. The molecule has 4 nitrogen and oxygen atoms in total. The zero-order valence-corrected chi connectivity index (χ0v) is 14.2. The van der Waals surface area contributed by atoms with Gasteiger partial charge in [0.05, 0.1) is 4.90 Å². The van der Waals surface area contributed by atoms with Crippen molar-refractivity contribution in [2.75, 3.05) is 5.32 Å². The number of nitrogens with two attached hydrogens (primary N) is 1. The van der Waals surface area contributed by atoms with Crippen LogP contribution in [0.15, 0.2) is 47.4 Å². The summed E-state index contributed by atoms with van der Waals surface area (Å²) < 4.78 is 36.3. The van der Waals surface area contributed by atoms with E-state index in [-0.39, 0.29) is 16.8 Å². The molecule has 0 saturated carbocycles. The topological polar surface area (TPSA) is 72.2 Å². The molecule has 0 spiro atoms. The number of sulfonamides is 1. The monoisotopic (exact) mass is 420 g/mol. The third-order valence-electron chi connectivity index (χ3n) is 3.01. The van der Waals surface area contributed by atoms with Gasteiger partial charge < -0.3 is 5.32 Å². The number of halogens is 2. The molecule has 21 heavy (non-hydrogen) atoms. The normalized spacial score (nSPS) is 13.0. The van der Waals surface area contributed by atoms with Gasteiger partial charge in [-0.2, -0.15) is 0 Å². The smallest absolute Gasteiger partial charge is 0.238 e. The molecule has 0 bridgehead atoms. The zero-order valence-electron chi connectivity index (χ0n) is 11.2. The van der Waals surface area contributed by atoms with E-state index in [1.54, 1.807) is 18.2 Å². The van der Waals surface area contributed by atoms with Crippen molar-refractivity contribution in [3.05, 3.63) is 57.4 Å². The largest absolute Gasteiger partial charge is 0.378 e. The van der Waals surface area contributed by atoms with Gasteiger partial charge in [-0.25, -0.2) is 17.9 Å². The summed E-state index contributed by atoms with van der Waals surface area (Å²) in [7, 11) is -3.68. The SMILES string of the molecule is CC(Nc1ccc(F)cc1I)c1ccc(S(N)(=O)=O)cc1. The van der Waals surface area contributed by atoms with Gasteiger partial charge in [0.25, 0.3) is 0 Å². The van der Waals surface area contributed by atoms with Crippen LogP contribution >= 0.6 is 22.6 Å². The molecule has 0 aliphatic heterocycles. The van der Waals surface area contributed by atoms with E-state index in [1.165, 1.54) is 24.3 Å². The molecule has 112 valence electrons. The molecular weight excluding hydrogens is 406 g/mol. The molecular formula is C14H14FIN2O2S. The highest BCUT2D eigenvalue weighted by Crippen LogP contribution is 2.25. The summed E-state index contributed by atoms with van der Waals surface area (Å²) in [6.07, 6.45) is 0. The predicted molar refractivity (Wildman–Crippen MR) is 89.0 cm³/mol. The summed E-state index contributed by atoms with van der Waals surface area (Å²) in [5.41, 5.74) is 1.72. The Morgan fingerprint density at radius 2 is 1.81 bits per heavy atom. The Morgan fingerprint density at radius 1 is 1.19 bits per heavy atom. The highest BCUT2D eigenvalue weighted by molar-refractivity contribution is 14.1. The highest BCUT2D eigenvalue weighted by atomic mass is 127. The minimum Gasteiger partial charge on any atom is -0.378 e. The van der Waals surface area contributed by atoms with E-state index < -0.39 is 10.0 Å². The van der Waals surface area contributed by atoms with Crippen LogP contribution in [0.1, 0.15) is 18.5 Å². The molecule has 3 N–H and O–H groups in total. The minimum atomic E-state index is -3.68. The molecule has 0 aliphatic rings. The van der Waals surface area contributed by atoms with Gasteiger partial charge in [0, 0.05) is 15.3 Å². The second kappa shape index (κ2) is 6.29. The van der Waals surface area contributed by atoms with Gasteiger partial charge in [0.2, 0.25) is 10.0 Å². The van der Waals surface area contributed by atoms with E-state index in [1.807, 2.05) is 6.92 Å². The van der Waals surface area contributed by atoms with Gasteiger partial charge in [-0.3, -0.25) is 0 Å². The van der Waals surface area contributed by atoms with E-state index in [0.29, 0.717) is 0 Å². The van der Waals surface area contributed by atoms with Crippen LogP contribution in [0.4, 0.5) is 10.1 Å². The van der Waals surface area contributed by atoms with Crippen LogP contribution in [0, 0.1) is 9.39 Å². The molecule has 7 heteroatoms. The summed E-state index contributed by atoms with van der Waals surface area (Å²) in [6.45, 7) is 1.94. The molecule has 2 rings (SSSR count). The van der Waals surface area contributed by atoms with Gasteiger partial charge in [-0.05, 0) is 65.4 Å². The zero-order chi connectivity index (χ0) is 15.6. The maximum Gasteiger partial charge on any atom is 0.238 e. The van der Waals surface area contributed by atoms with Crippen LogP contribution in [0.25, 0.3) is 0 Å². The number of benzene rings is 2. The summed E-state index contributed by atoms with van der Waals surface area (Å²) in [5, 5.41) is 8.32. The minimum absolute atomic E-state index is 0.0569. The lowest BCUT2D eigenvalue weighted by Gasteiger charge is -2.17. The maximum absolute atomic E-state index is 13.1. The number of hydrogen-bond donors (Lipinski definition) is 2. The molecule has 0 aliphatic carbocycles. The molecule has 1 unspecified atom stereocenters. The first-order valence-corrected chi connectivity index (χ1v) is 8.74. The maximum atomic E-state index is 13.1. The van der Waals surface area contributed by atoms with Crippen LogP contribution < -0.4 is 10.5 Å². The molecule has 2 aromatic carbocycles. The molecule has 0 aromatic heterocycles. The Hall–Kier alpha value is -1.19. The third kappa shape index (κ3) is 4.14. The van der Waals surface area contributed by atoms with Crippen LogP contribution in [0.5, 0.6) is 0 Å². The van der Waals surface area contributed by atoms with Gasteiger partial charge >= 0.3 is 0 Å². The van der Waals surface area contributed by atoms with Crippen LogP contribution in [0.2, 0.25) is 0 Å². The second-order valence-corrected chi connectivity index (χ2v) is 7.33. The van der Waals surface area contributed by atoms with Crippen molar-refractivity contribution >= 4 is 38.3 Å². The molecule has 0 fully saturated rings. The van der Waals surface area contributed by atoms with Crippen molar-refractivity contribution in [1.82, 2.24) is 0 Å². The number of nitrogens with one attached hydrogen (secondary N) is 1. The Morgan fingerprint density at radius 3 is 2.33 bits per heavy atom. The Labute approximate surface area is 136 Å². The first-order chi connectivity index (χ1) is 9.77. The fourth-order valence-corrected chi connectivity index (χ4v) is 3.02. The van der Waals surface area contributed by atoms with E-state index in [4.69, 9.17) is 5.14 Å². The fraction of sp³-hybridized carbons (Fsp3) is 0.143. The van der Waals surface area contributed by atoms with E-state index >= 15 is 0 Å². The van der Waals surface area contributed by atoms with Crippen LogP contribution in [-0.2, 0) is 10.0 Å². The van der Waals surface area contributed by atoms with Gasteiger partial charge in [-0.1, -0.05) is 12.1 Å². The van der Waals surface area contributed by atoms with Gasteiger partial charge in [0.1, 0.15) is 5.82 Å². The fourth-order valence-electron chi connectivity index (χ4n) is 1.87. The van der Waals surface area contributed by atoms with E-state index in [0.717, 1.165) is 14.8 Å². The number of primary sulfonamides is 1. The summed E-state index contributed by atoms with van der Waals surface area (Å²) in [4.78, 5) is 0.0785. The number of hydrogen-bond acceptors (Lipinski definition) is 3. The highest BCUT2D eigenvalue weighted by Gasteiger charge is 2.11. The Balaban J connectivity index is 2.18. The third-order valence-corrected chi connectivity index (χ3v) is 4.83. The van der Waals surface area contributed by atoms with Gasteiger partial charge in [0.15, 0.2) is 0 Å². The van der Waals surface area contributed by atoms with E-state index in [2.05, 4.69) is 27.9 Å². The predicted octanol–water partition coefficient (Wildman–Crippen LogP) is 3.25. The molecule has 2 aromatic rings. The van der Waals surface area contributed by atoms with Crippen molar-refractivity contribution in [1.29, 1.82) is 0 Å². The van der Waals surface area contributed by atoms with Crippen LogP contribution in [0.3, 0.4) is 0 Å². The lowest BCUT2D eigenvalue weighted by Crippen LogP contribution is -2.13. The summed E-state index contributed by atoms with van der Waals surface area (Å²) in [6, 6.07) is 10.8. The average Bonchev–Trinajstić information content (AvgIpc) is 2.41. The number of rotatable bonds is 4. The number of anilines is 1. The van der Waals surface area contributed by atoms with Crippen molar-refractivity contribution in [3.63, 3.8) is 0 Å². The van der Waals surface area contributed by atoms with Crippen LogP contribution in [-0.4, -0.2) is 8.42 Å². The lowest BCUT2D eigenvalue weighted by molar-refractivity contribution is 0.597. The average molecular weight is 420 g/mol. The standard InChI is InChI=1S/C14H14FIN2O2S/c1-9(18-14-7-4-11(15)8-13(14)16)10-2-5-12(6-3-10)21(17,19)20/h2-9,18H,1H3,(H2,17,19,20). The second-order valence-electron chi connectivity index (χ2n) is 4.60. The van der Waals surface area contributed by atoms with Crippen molar-refractivity contribution in [3.8, 4) is 0 Å². The lowest BCUT2D eigenvalue weighted by atomic mass is 10.1. The summed E-state index contributed by atoms with van der Waals surface area (Å²) >= 11 is 2.06. The first-order valence-electron chi connectivity index (χ1n) is 6.12. The molecule has 0 amide bonds. The Kier molecular flexibility index (Phi) is 4.84. The molecule has 0 saturated heterocycles. The summed E-state index contributed by atoms with van der Waals surface area (Å²) in [5.74, 6) is -0.282. The van der Waals surface area contributed by atoms with Crippen molar-refractivity contribution < 1.29 is 12.8 Å². The Bertz CT molecular complexity index is 748. The van der Waals surface area contributed by atoms with E-state index in [9.17, 15) is 12.8 Å². The van der Waals surface area contributed by atoms with Crippen molar-refractivity contribution in [2.45, 2.75) is 17.9 Å². The molecule has 1 atom stereocenters. The first kappa shape index (κ1) is 16.2. The van der Waals surface area contributed by atoms with Gasteiger partial charge in [-0.15, -0.1) is 0 Å². The van der Waals surface area contributed by atoms with Crippen molar-refractivity contribution in [2.24, 2.45) is 5.14 Å². The molecule has 0 heterocycles.